The highest BCUT2D eigenvalue weighted by Crippen LogP contribution is 2.57. The van der Waals surface area contributed by atoms with Crippen LogP contribution in [0, 0.1) is 5.92 Å². The third-order valence-electron chi connectivity index (χ3n) is 7.33. The molecule has 1 amide bonds. The van der Waals surface area contributed by atoms with Crippen LogP contribution in [0.15, 0.2) is 48.5 Å². The zero-order valence-corrected chi connectivity index (χ0v) is 24.4. The number of nitrogens with one attached hydrogen (secondary N) is 1. The molecule has 43 heavy (non-hydrogen) atoms. The highest BCUT2D eigenvalue weighted by atomic mass is 16.5. The van der Waals surface area contributed by atoms with Gasteiger partial charge in [-0.3, -0.25) is 4.79 Å². The molecule has 0 aromatic heterocycles. The Kier molecular flexibility index (Phi) is 9.70. The Labute approximate surface area is 249 Å². The molecule has 0 spiro atoms. The van der Waals surface area contributed by atoms with E-state index >= 15 is 0 Å². The van der Waals surface area contributed by atoms with E-state index in [0.29, 0.717) is 22.8 Å². The number of carboxylic acids is 1. The van der Waals surface area contributed by atoms with Gasteiger partial charge in [-0.25, -0.2) is 4.79 Å². The molecule has 0 fully saturated rings. The molecule has 0 aliphatic heterocycles. The summed E-state index contributed by atoms with van der Waals surface area (Å²) in [6, 6.07) is 11.8. The average molecular weight is 592 g/mol. The number of phenolic OH excluding ortho intramolecular Hbond substituents is 4. The molecule has 0 unspecified atom stereocenters. The molecule has 0 heterocycles. The summed E-state index contributed by atoms with van der Waals surface area (Å²) in [5.41, 5.74) is 0.819. The number of aliphatic carboxylic acids is 1. The van der Waals surface area contributed by atoms with Crippen LogP contribution in [0.5, 0.6) is 34.5 Å². The molecule has 4 aromatic rings. The SMILES string of the molecule is CCCCCCOc1c(O)c(O)c(OCc2ccc(C(=O)N[C@H](C(=O)O)C(C)C)cc2)c2c(O)c3ccccc3c(O)c12. The summed E-state index contributed by atoms with van der Waals surface area (Å²) in [5, 5.41) is 57.1. The Hall–Kier alpha value is -4.86. The van der Waals surface area contributed by atoms with Crippen LogP contribution >= 0.6 is 0 Å². The van der Waals surface area contributed by atoms with Gasteiger partial charge >= 0.3 is 5.97 Å². The summed E-state index contributed by atoms with van der Waals surface area (Å²) in [6.07, 6.45) is 3.63. The van der Waals surface area contributed by atoms with E-state index in [0.717, 1.165) is 19.3 Å². The maximum Gasteiger partial charge on any atom is 0.326 e. The van der Waals surface area contributed by atoms with Gasteiger partial charge < -0.3 is 40.3 Å². The largest absolute Gasteiger partial charge is 0.506 e. The molecule has 10 nitrogen and oxygen atoms in total. The second-order valence-corrected chi connectivity index (χ2v) is 10.8. The fraction of sp³-hybridized carbons (Fsp3) is 0.333. The number of rotatable bonds is 13. The second-order valence-electron chi connectivity index (χ2n) is 10.8. The molecule has 10 heteroatoms. The zero-order chi connectivity index (χ0) is 31.3. The van der Waals surface area contributed by atoms with E-state index in [1.165, 1.54) is 12.1 Å². The summed E-state index contributed by atoms with van der Waals surface area (Å²) >= 11 is 0. The van der Waals surface area contributed by atoms with Gasteiger partial charge in [-0.2, -0.15) is 0 Å². The van der Waals surface area contributed by atoms with Crippen LogP contribution in [-0.4, -0.2) is 50.1 Å². The van der Waals surface area contributed by atoms with E-state index in [2.05, 4.69) is 12.2 Å². The maximum atomic E-state index is 12.6. The molecule has 1 atom stereocenters. The molecule has 6 N–H and O–H groups in total. The molecule has 4 aromatic carbocycles. The second kappa shape index (κ2) is 13.4. The summed E-state index contributed by atoms with van der Waals surface area (Å²) in [4.78, 5) is 24.0. The predicted molar refractivity (Wildman–Crippen MR) is 162 cm³/mol. The van der Waals surface area contributed by atoms with Gasteiger partial charge in [-0.15, -0.1) is 0 Å². The minimum Gasteiger partial charge on any atom is -0.506 e. The summed E-state index contributed by atoms with van der Waals surface area (Å²) in [6.45, 7) is 5.56. The number of carbonyl (C=O) groups is 2. The van der Waals surface area contributed by atoms with Gasteiger partial charge in [-0.1, -0.05) is 76.4 Å². The van der Waals surface area contributed by atoms with E-state index in [9.17, 15) is 35.1 Å². The number of hydrogen-bond donors (Lipinski definition) is 6. The van der Waals surface area contributed by atoms with Crippen LogP contribution in [0.25, 0.3) is 21.5 Å². The van der Waals surface area contributed by atoms with Crippen molar-refractivity contribution >= 4 is 33.4 Å². The maximum absolute atomic E-state index is 12.6. The van der Waals surface area contributed by atoms with Crippen molar-refractivity contribution in [2.24, 2.45) is 5.92 Å². The van der Waals surface area contributed by atoms with Crippen molar-refractivity contribution in [1.29, 1.82) is 0 Å². The monoisotopic (exact) mass is 591 g/mol. The Morgan fingerprint density at radius 1 is 0.767 bits per heavy atom. The fourth-order valence-electron chi connectivity index (χ4n) is 4.93. The summed E-state index contributed by atoms with van der Waals surface area (Å²) in [5.74, 6) is -4.20. The first-order valence-corrected chi connectivity index (χ1v) is 14.3. The number of amides is 1. The van der Waals surface area contributed by atoms with E-state index in [4.69, 9.17) is 9.47 Å². The molecule has 0 saturated carbocycles. The van der Waals surface area contributed by atoms with Gasteiger partial charge in [-0.05, 0) is 30.0 Å². The molecule has 0 radical (unpaired) electrons. The topological polar surface area (TPSA) is 166 Å². The van der Waals surface area contributed by atoms with Crippen LogP contribution in [0.4, 0.5) is 0 Å². The van der Waals surface area contributed by atoms with Gasteiger partial charge in [0.1, 0.15) is 24.1 Å². The lowest BCUT2D eigenvalue weighted by atomic mass is 9.98. The van der Waals surface area contributed by atoms with E-state index in [-0.39, 0.29) is 58.5 Å². The number of fused-ring (bicyclic) bond motifs is 2. The molecule has 4 rings (SSSR count). The highest BCUT2D eigenvalue weighted by molar-refractivity contribution is 6.16. The average Bonchev–Trinajstić information content (AvgIpc) is 2.99. The highest BCUT2D eigenvalue weighted by Gasteiger charge is 2.28. The smallest absolute Gasteiger partial charge is 0.326 e. The van der Waals surface area contributed by atoms with Crippen molar-refractivity contribution in [2.75, 3.05) is 6.61 Å². The first-order chi connectivity index (χ1) is 20.6. The number of ether oxygens (including phenoxy) is 2. The number of unbranched alkanes of at least 4 members (excludes halogenated alkanes) is 3. The third kappa shape index (κ3) is 6.48. The first kappa shape index (κ1) is 31.1. The molecule has 0 bridgehead atoms. The lowest BCUT2D eigenvalue weighted by molar-refractivity contribution is -0.140. The number of aromatic hydroxyl groups is 4. The molecule has 0 saturated heterocycles. The number of carbonyl (C=O) groups excluding carboxylic acids is 1. The van der Waals surface area contributed by atoms with Crippen molar-refractivity contribution in [3.8, 4) is 34.5 Å². The third-order valence-corrected chi connectivity index (χ3v) is 7.33. The fourth-order valence-corrected chi connectivity index (χ4v) is 4.93. The number of phenols is 4. The molecule has 0 aliphatic rings. The Balaban J connectivity index is 1.68. The van der Waals surface area contributed by atoms with Gasteiger partial charge in [0.25, 0.3) is 5.91 Å². The van der Waals surface area contributed by atoms with Crippen molar-refractivity contribution in [3.05, 3.63) is 59.7 Å². The van der Waals surface area contributed by atoms with E-state index < -0.39 is 29.4 Å². The molecular weight excluding hydrogens is 554 g/mol. The van der Waals surface area contributed by atoms with Crippen LogP contribution in [-0.2, 0) is 11.4 Å². The minimum atomic E-state index is -1.13. The van der Waals surface area contributed by atoms with Crippen molar-refractivity contribution in [3.63, 3.8) is 0 Å². The summed E-state index contributed by atoms with van der Waals surface area (Å²) in [7, 11) is 0. The van der Waals surface area contributed by atoms with Gasteiger partial charge in [0.05, 0.1) is 17.4 Å². The first-order valence-electron chi connectivity index (χ1n) is 14.3. The van der Waals surface area contributed by atoms with Gasteiger partial charge in [0.2, 0.25) is 11.5 Å². The number of carboxylic acid groups (broad SMARTS) is 1. The van der Waals surface area contributed by atoms with Gasteiger partial charge in [0, 0.05) is 16.3 Å². The quantitative estimate of drug-likeness (QED) is 0.0460. The molecular formula is C33H37NO9. The number of benzene rings is 4. The number of hydrogen-bond acceptors (Lipinski definition) is 8. The van der Waals surface area contributed by atoms with Crippen molar-refractivity contribution < 1.29 is 44.6 Å². The van der Waals surface area contributed by atoms with Crippen molar-refractivity contribution in [1.82, 2.24) is 5.32 Å². The molecule has 228 valence electrons. The van der Waals surface area contributed by atoms with Gasteiger partial charge in [0.15, 0.2) is 11.5 Å². The predicted octanol–water partition coefficient (Wildman–Crippen LogP) is 6.19. The van der Waals surface area contributed by atoms with Crippen LogP contribution in [0.3, 0.4) is 0 Å². The van der Waals surface area contributed by atoms with E-state index in [1.54, 1.807) is 50.2 Å². The van der Waals surface area contributed by atoms with E-state index in [1.807, 2.05) is 0 Å². The standard InChI is InChI=1S/C33H37NO9/c1-4-5-6-9-16-42-30-23-24(27(36)22-11-8-7-10-21(22)26(23)35)31(29(38)28(30)37)43-17-19-12-14-20(15-13-19)32(39)34-25(18(2)3)33(40)41/h7-8,10-15,18,25,35-38H,4-6,9,16-17H2,1-3H3,(H,34,39)(H,40,41)/t25-/m0/s1. The normalized spacial score (nSPS) is 12.0. The zero-order valence-electron chi connectivity index (χ0n) is 24.4. The molecule has 0 aliphatic carbocycles. The van der Waals surface area contributed by atoms with Crippen LogP contribution in [0.2, 0.25) is 0 Å². The lowest BCUT2D eigenvalue weighted by Gasteiger charge is -2.20. The lowest BCUT2D eigenvalue weighted by Crippen LogP contribution is -2.44. The van der Waals surface area contributed by atoms with Crippen molar-refractivity contribution in [2.45, 2.75) is 59.1 Å². The Morgan fingerprint density at radius 3 is 1.84 bits per heavy atom. The van der Waals surface area contributed by atoms with Crippen LogP contribution in [0.1, 0.15) is 62.4 Å². The summed E-state index contributed by atoms with van der Waals surface area (Å²) < 4.78 is 11.8. The minimum absolute atomic E-state index is 0.00199. The Morgan fingerprint density at radius 2 is 1.33 bits per heavy atom. The Bertz CT molecular complexity index is 1630. The van der Waals surface area contributed by atoms with Crippen LogP contribution < -0.4 is 14.8 Å².